The molecule has 0 heterocycles. The molecule has 2 atom stereocenters. The molecule has 46 heavy (non-hydrogen) atoms. The van der Waals surface area contributed by atoms with Gasteiger partial charge >= 0.3 is 283 Å². The van der Waals surface area contributed by atoms with Crippen molar-refractivity contribution < 1.29 is 17.1 Å². The number of benzene rings is 4. The number of unbranched alkanes of at least 4 members (excludes halogenated alkanes) is 4. The van der Waals surface area contributed by atoms with Crippen LogP contribution in [0, 0.1) is 13.8 Å². The number of fused-ring (bicyclic) bond motifs is 2. The fourth-order valence-electron chi connectivity index (χ4n) is 9.07. The zero-order chi connectivity index (χ0) is 32.3. The second-order valence-corrected chi connectivity index (χ2v) is 61.1. The molecule has 0 saturated carbocycles. The van der Waals surface area contributed by atoms with E-state index in [1.54, 1.807) is 11.1 Å². The van der Waals surface area contributed by atoms with Gasteiger partial charge in [0, 0.05) is 0 Å². The van der Waals surface area contributed by atoms with Crippen LogP contribution in [0.2, 0.25) is 21.4 Å². The topological polar surface area (TPSA) is 0 Å². The maximum absolute atomic E-state index is 3.93. The van der Waals surface area contributed by atoms with Crippen molar-refractivity contribution in [1.29, 1.82) is 0 Å². The van der Waals surface area contributed by atoms with Crippen molar-refractivity contribution in [2.75, 3.05) is 0 Å². The van der Waals surface area contributed by atoms with Crippen LogP contribution in [0.5, 0.6) is 0 Å². The van der Waals surface area contributed by atoms with Crippen molar-refractivity contribution in [3.8, 4) is 22.3 Å². The van der Waals surface area contributed by atoms with Crippen molar-refractivity contribution in [2.24, 2.45) is 0 Å². The average Bonchev–Trinajstić information content (AvgIpc) is 3.70. The van der Waals surface area contributed by atoms with Crippen LogP contribution in [0.25, 0.3) is 34.4 Å². The van der Waals surface area contributed by atoms with E-state index < -0.39 is 22.6 Å². The third-order valence-corrected chi connectivity index (χ3v) is 67.8. The molecule has 0 aliphatic heterocycles. The van der Waals surface area contributed by atoms with Crippen LogP contribution in [0.4, 0.5) is 0 Å². The Balaban J connectivity index is 1.58. The monoisotopic (exact) mass is 790 g/mol. The molecule has 0 nitrogen and oxygen atoms in total. The predicted molar refractivity (Wildman–Crippen MR) is 203 cm³/mol. The van der Waals surface area contributed by atoms with E-state index in [2.05, 4.69) is 146 Å². The van der Waals surface area contributed by atoms with Crippen molar-refractivity contribution in [2.45, 2.75) is 95.0 Å². The fourth-order valence-corrected chi connectivity index (χ4v) is 62.6. The van der Waals surface area contributed by atoms with E-state index in [9.17, 15) is 0 Å². The molecule has 2 aliphatic rings. The first kappa shape index (κ1) is 33.4. The van der Waals surface area contributed by atoms with Crippen LogP contribution in [0.15, 0.2) is 97.1 Å². The molecule has 4 aromatic carbocycles. The average molecular weight is 789 g/mol. The molecular weight excluding hydrogens is 735 g/mol. The summed E-state index contributed by atoms with van der Waals surface area (Å²) in [4.78, 5) is 0. The molecule has 0 aromatic heterocycles. The Morgan fingerprint density at radius 1 is 0.565 bits per heavy atom. The number of aryl methyl sites for hydroxylation is 2. The second kappa shape index (κ2) is 13.9. The summed E-state index contributed by atoms with van der Waals surface area (Å²) < 4.78 is 7.07. The van der Waals surface area contributed by atoms with E-state index >= 15 is 0 Å². The summed E-state index contributed by atoms with van der Waals surface area (Å²) in [5.41, 5.74) is 13.8. The van der Waals surface area contributed by atoms with Gasteiger partial charge in [-0.1, -0.05) is 0 Å². The van der Waals surface area contributed by atoms with Gasteiger partial charge in [0.05, 0.1) is 0 Å². The van der Waals surface area contributed by atoms with Crippen LogP contribution in [0.3, 0.4) is 0 Å². The Morgan fingerprint density at radius 3 is 1.41 bits per heavy atom. The summed E-state index contributed by atoms with van der Waals surface area (Å²) >= 11 is -3.93. The molecule has 4 aromatic rings. The number of allylic oxidation sites excluding steroid dienone is 2. The quantitative estimate of drug-likeness (QED) is 0.0991. The predicted octanol–water partition coefficient (Wildman–Crippen LogP) is 13.6. The van der Waals surface area contributed by atoms with Gasteiger partial charge in [0.2, 0.25) is 0 Å². The maximum atomic E-state index is 2.95. The second-order valence-electron chi connectivity index (χ2n) is 15.2. The standard InChI is InChI=1S/2C16H13.C10H22Si.2CH3.Hf/c2*1-12-5-2-8-14(11-12)16-10-4-7-13-6-3-9-15(13)16;1-3-5-7-9-11-10-8-6-4-2;;;/h2*2-11H,1H3;3-10H2,1-2H3;2*1H3;. The van der Waals surface area contributed by atoms with E-state index in [0.717, 1.165) is 0 Å². The third kappa shape index (κ3) is 6.10. The van der Waals surface area contributed by atoms with E-state index in [0.29, 0.717) is 7.35 Å². The van der Waals surface area contributed by atoms with Crippen molar-refractivity contribution in [3.63, 3.8) is 0 Å². The minimum absolute atomic E-state index is 0.581. The molecule has 2 heteroatoms. The van der Waals surface area contributed by atoms with Gasteiger partial charge in [0.25, 0.3) is 0 Å². The summed E-state index contributed by atoms with van der Waals surface area (Å²) in [6, 6.07) is 35.7. The molecular formula is C44H54HfSi. The molecule has 0 spiro atoms. The molecule has 238 valence electrons. The Kier molecular flexibility index (Phi) is 10.1. The van der Waals surface area contributed by atoms with E-state index in [4.69, 9.17) is 0 Å². The van der Waals surface area contributed by atoms with Crippen molar-refractivity contribution in [1.82, 2.24) is 0 Å². The van der Waals surface area contributed by atoms with Gasteiger partial charge < -0.3 is 0 Å². The van der Waals surface area contributed by atoms with Gasteiger partial charge in [-0.2, -0.15) is 0 Å². The molecule has 0 bridgehead atoms. The third-order valence-electron chi connectivity index (χ3n) is 11.7. The van der Waals surface area contributed by atoms with Gasteiger partial charge in [-0.05, 0) is 0 Å². The molecule has 0 fully saturated rings. The molecule has 2 unspecified atom stereocenters. The van der Waals surface area contributed by atoms with E-state index in [1.165, 1.54) is 95.1 Å². The number of rotatable bonds is 12. The van der Waals surface area contributed by atoms with E-state index in [-0.39, 0.29) is 0 Å². The first-order chi connectivity index (χ1) is 22.3. The number of hydrogen-bond donors (Lipinski definition) is 0. The molecule has 2 aliphatic carbocycles. The molecule has 0 N–H and O–H groups in total. The van der Waals surface area contributed by atoms with Gasteiger partial charge in [0.1, 0.15) is 0 Å². The number of hydrogen-bond acceptors (Lipinski definition) is 0. The SMILES string of the molecule is CCCCC[Si](CCCCC)=[Hf]([CH3])([CH3])([CH]1C=Cc2c(-c3cccc(C)c3)cccc21)[CH]1C=Cc2c(-c3cccc(C)c3)cccc21. The van der Waals surface area contributed by atoms with Crippen LogP contribution in [-0.2, 0) is 17.1 Å². The zero-order valence-electron chi connectivity index (χ0n) is 29.2. The summed E-state index contributed by atoms with van der Waals surface area (Å²) in [6.45, 7) is 9.19. The Hall–Kier alpha value is -2.55. The van der Waals surface area contributed by atoms with Crippen molar-refractivity contribution >= 4 is 17.6 Å². The first-order valence-electron chi connectivity index (χ1n) is 18.1. The van der Waals surface area contributed by atoms with Crippen LogP contribution in [-0.4, -0.2) is 5.49 Å². The van der Waals surface area contributed by atoms with Gasteiger partial charge in [0.15, 0.2) is 0 Å². The molecule has 6 rings (SSSR count). The minimum atomic E-state index is -3.93. The first-order valence-corrected chi connectivity index (χ1v) is 36.7. The normalized spacial score (nSPS) is 16.9. The molecule has 0 saturated heterocycles. The fraction of sp³-hybridized carbons (Fsp3) is 0.364. The van der Waals surface area contributed by atoms with E-state index in [1.807, 2.05) is 0 Å². The van der Waals surface area contributed by atoms with Gasteiger partial charge in [-0.25, -0.2) is 0 Å². The van der Waals surface area contributed by atoms with Crippen LogP contribution in [0.1, 0.15) is 93.1 Å². The Labute approximate surface area is 280 Å². The summed E-state index contributed by atoms with van der Waals surface area (Å²) in [5.74, 6) is 0. The summed E-state index contributed by atoms with van der Waals surface area (Å²) in [7, 11) is 0. The zero-order valence-corrected chi connectivity index (χ0v) is 33.8. The van der Waals surface area contributed by atoms with Crippen molar-refractivity contribution in [3.05, 3.63) is 130 Å². The summed E-state index contributed by atoms with van der Waals surface area (Å²) in [5, 5.41) is 0. The van der Waals surface area contributed by atoms with Gasteiger partial charge in [-0.3, -0.25) is 0 Å². The Bertz CT molecular complexity index is 1730. The van der Waals surface area contributed by atoms with Crippen LogP contribution >= 0.6 is 0 Å². The summed E-state index contributed by atoms with van der Waals surface area (Å²) in [6.07, 6.45) is 18.7. The van der Waals surface area contributed by atoms with Crippen LogP contribution < -0.4 is 0 Å². The van der Waals surface area contributed by atoms with Gasteiger partial charge in [-0.15, -0.1) is 0 Å². The molecule has 0 amide bonds. The Morgan fingerprint density at radius 2 is 1.00 bits per heavy atom. The molecule has 0 radical (unpaired) electrons.